The lowest BCUT2D eigenvalue weighted by molar-refractivity contribution is -0.137. The Bertz CT molecular complexity index is 1370. The van der Waals surface area contributed by atoms with Crippen LogP contribution >= 0.6 is 0 Å². The number of aromatic carboxylic acids is 1. The molecule has 0 aliphatic heterocycles. The van der Waals surface area contributed by atoms with Gasteiger partial charge in [0.15, 0.2) is 0 Å². The first-order valence-corrected chi connectivity index (χ1v) is 12.9. The van der Waals surface area contributed by atoms with Crippen LogP contribution < -0.4 is 10.1 Å². The summed E-state index contributed by atoms with van der Waals surface area (Å²) in [6.07, 6.45) is -2.83. The van der Waals surface area contributed by atoms with Crippen LogP contribution in [-0.4, -0.2) is 17.0 Å². The van der Waals surface area contributed by atoms with Gasteiger partial charge in [0.1, 0.15) is 24.0 Å². The molecule has 1 aliphatic rings. The number of alkyl halides is 3. The van der Waals surface area contributed by atoms with E-state index in [0.29, 0.717) is 30.9 Å². The minimum absolute atomic E-state index is 0.0416. The standard InChI is InChI=1S/C28H24F5NO4.C2H6/c1-15(35)34-25-9-6-16(11-23(25)27(36)37)20-3-2-4-21(20)22-12-18(28(31,32)33)7-10-26(22)38-14-17-5-8-19(29)13-24(17)30;1-2/h5-13,20-21H,2-4,14H2,1H3,(H,34,35)(H,36,37);1-2H3. The Labute approximate surface area is 229 Å². The fraction of sp³-hybridized carbons (Fsp3) is 0.333. The molecule has 1 amide bonds. The first-order chi connectivity index (χ1) is 18.9. The third-order valence-corrected chi connectivity index (χ3v) is 6.66. The number of nitrogens with one attached hydrogen (secondary N) is 1. The molecule has 214 valence electrons. The zero-order valence-corrected chi connectivity index (χ0v) is 22.2. The summed E-state index contributed by atoms with van der Waals surface area (Å²) < 4.78 is 74.0. The van der Waals surface area contributed by atoms with Crippen molar-refractivity contribution in [1.82, 2.24) is 0 Å². The fourth-order valence-corrected chi connectivity index (χ4v) is 4.94. The number of carbonyl (C=O) groups is 2. The summed E-state index contributed by atoms with van der Waals surface area (Å²) in [6.45, 7) is 4.93. The molecule has 3 aromatic carbocycles. The second-order valence-electron chi connectivity index (χ2n) is 9.21. The third kappa shape index (κ3) is 7.16. The van der Waals surface area contributed by atoms with Crippen molar-refractivity contribution in [2.45, 2.75) is 64.7 Å². The lowest BCUT2D eigenvalue weighted by Crippen LogP contribution is -2.14. The van der Waals surface area contributed by atoms with Gasteiger partial charge in [-0.05, 0) is 78.3 Å². The highest BCUT2D eigenvalue weighted by molar-refractivity contribution is 6.00. The zero-order chi connectivity index (χ0) is 29.6. The van der Waals surface area contributed by atoms with Gasteiger partial charge in [-0.15, -0.1) is 0 Å². The summed E-state index contributed by atoms with van der Waals surface area (Å²) >= 11 is 0. The van der Waals surface area contributed by atoms with Crippen molar-refractivity contribution in [3.05, 3.63) is 94.0 Å². The van der Waals surface area contributed by atoms with Crippen LogP contribution in [0.4, 0.5) is 27.6 Å². The Morgan fingerprint density at radius 1 is 0.975 bits per heavy atom. The van der Waals surface area contributed by atoms with E-state index >= 15 is 0 Å². The van der Waals surface area contributed by atoms with Crippen LogP contribution in [0.15, 0.2) is 54.6 Å². The molecule has 40 heavy (non-hydrogen) atoms. The zero-order valence-electron chi connectivity index (χ0n) is 22.2. The SMILES string of the molecule is CC.CC(=O)Nc1ccc(C2CCCC2c2cc(C(F)(F)F)ccc2OCc2ccc(F)cc2F)cc1C(=O)O. The lowest BCUT2D eigenvalue weighted by Gasteiger charge is -2.25. The summed E-state index contributed by atoms with van der Waals surface area (Å²) in [6, 6.07) is 10.6. The van der Waals surface area contributed by atoms with Gasteiger partial charge in [0, 0.05) is 18.6 Å². The first kappa shape index (κ1) is 30.6. The van der Waals surface area contributed by atoms with Gasteiger partial charge >= 0.3 is 12.1 Å². The van der Waals surface area contributed by atoms with Crippen molar-refractivity contribution in [3.8, 4) is 5.75 Å². The van der Waals surface area contributed by atoms with Crippen molar-refractivity contribution in [2.24, 2.45) is 0 Å². The molecule has 2 atom stereocenters. The van der Waals surface area contributed by atoms with Gasteiger partial charge in [-0.1, -0.05) is 26.3 Å². The number of benzene rings is 3. The lowest BCUT2D eigenvalue weighted by atomic mass is 9.82. The van der Waals surface area contributed by atoms with Crippen LogP contribution in [0, 0.1) is 11.6 Å². The number of amides is 1. The average Bonchev–Trinajstić information content (AvgIpc) is 3.38. The fourth-order valence-electron chi connectivity index (χ4n) is 4.94. The highest BCUT2D eigenvalue weighted by Crippen LogP contribution is 2.50. The molecule has 0 spiro atoms. The second-order valence-corrected chi connectivity index (χ2v) is 9.21. The monoisotopic (exact) mass is 563 g/mol. The average molecular weight is 564 g/mol. The van der Waals surface area contributed by atoms with Gasteiger partial charge in [-0.2, -0.15) is 13.2 Å². The third-order valence-electron chi connectivity index (χ3n) is 6.66. The van der Waals surface area contributed by atoms with Crippen LogP contribution in [0.1, 0.15) is 84.5 Å². The van der Waals surface area contributed by atoms with Crippen molar-refractivity contribution in [3.63, 3.8) is 0 Å². The molecule has 10 heteroatoms. The van der Waals surface area contributed by atoms with Crippen LogP contribution in [-0.2, 0) is 17.6 Å². The molecule has 2 unspecified atom stereocenters. The van der Waals surface area contributed by atoms with E-state index in [-0.39, 0.29) is 40.7 Å². The largest absolute Gasteiger partial charge is 0.489 e. The molecule has 0 bridgehead atoms. The van der Waals surface area contributed by atoms with E-state index in [1.54, 1.807) is 6.07 Å². The van der Waals surface area contributed by atoms with Crippen LogP contribution in [0.3, 0.4) is 0 Å². The number of rotatable bonds is 7. The van der Waals surface area contributed by atoms with E-state index < -0.39 is 41.2 Å². The van der Waals surface area contributed by atoms with Crippen molar-refractivity contribution < 1.29 is 41.4 Å². The number of anilines is 1. The molecule has 0 radical (unpaired) electrons. The Kier molecular flexibility index (Phi) is 9.89. The second kappa shape index (κ2) is 12.9. The number of hydrogen-bond acceptors (Lipinski definition) is 3. The molecule has 5 nitrogen and oxygen atoms in total. The number of carboxylic acids is 1. The Morgan fingerprint density at radius 3 is 2.30 bits per heavy atom. The highest BCUT2D eigenvalue weighted by atomic mass is 19.4. The Hall–Kier alpha value is -3.95. The molecular formula is C30H30F5NO4. The van der Waals surface area contributed by atoms with Gasteiger partial charge in [0.25, 0.3) is 0 Å². The summed E-state index contributed by atoms with van der Waals surface area (Å²) in [5.41, 5.74) is 0.0357. The normalized spacial score (nSPS) is 16.6. The number of hydrogen-bond donors (Lipinski definition) is 2. The number of carbonyl (C=O) groups excluding carboxylic acids is 1. The molecule has 4 rings (SSSR count). The summed E-state index contributed by atoms with van der Waals surface area (Å²) in [5.74, 6) is -3.94. The van der Waals surface area contributed by atoms with E-state index in [1.807, 2.05) is 13.8 Å². The quantitative estimate of drug-likeness (QED) is 0.284. The van der Waals surface area contributed by atoms with E-state index in [1.165, 1.54) is 31.2 Å². The number of halogens is 5. The van der Waals surface area contributed by atoms with Crippen LogP contribution in [0.25, 0.3) is 0 Å². The maximum absolute atomic E-state index is 14.1. The molecule has 0 heterocycles. The molecular weight excluding hydrogens is 533 g/mol. The first-order valence-electron chi connectivity index (χ1n) is 12.9. The van der Waals surface area contributed by atoms with E-state index in [4.69, 9.17) is 4.74 Å². The molecule has 0 saturated heterocycles. The summed E-state index contributed by atoms with van der Waals surface area (Å²) in [5, 5.41) is 12.1. The van der Waals surface area contributed by atoms with E-state index in [0.717, 1.165) is 18.2 Å². The predicted octanol–water partition coefficient (Wildman–Crippen LogP) is 8.30. The van der Waals surface area contributed by atoms with Crippen molar-refractivity contribution >= 4 is 17.6 Å². The molecule has 1 aliphatic carbocycles. The Morgan fingerprint density at radius 2 is 1.68 bits per heavy atom. The van der Waals surface area contributed by atoms with Gasteiger partial charge in [0.05, 0.1) is 16.8 Å². The molecule has 0 aromatic heterocycles. The van der Waals surface area contributed by atoms with Gasteiger partial charge in [-0.3, -0.25) is 4.79 Å². The van der Waals surface area contributed by atoms with Crippen molar-refractivity contribution in [1.29, 1.82) is 0 Å². The van der Waals surface area contributed by atoms with Gasteiger partial charge in [0.2, 0.25) is 5.91 Å². The van der Waals surface area contributed by atoms with Crippen LogP contribution in [0.2, 0.25) is 0 Å². The Balaban J connectivity index is 0.00000216. The van der Waals surface area contributed by atoms with Gasteiger partial charge < -0.3 is 15.2 Å². The molecule has 3 aromatic rings. The summed E-state index contributed by atoms with van der Waals surface area (Å²) in [7, 11) is 0. The number of carboxylic acid groups (broad SMARTS) is 1. The predicted molar refractivity (Wildman–Crippen MR) is 141 cm³/mol. The topological polar surface area (TPSA) is 75.6 Å². The maximum atomic E-state index is 14.1. The molecule has 1 saturated carbocycles. The highest BCUT2D eigenvalue weighted by Gasteiger charge is 2.36. The van der Waals surface area contributed by atoms with E-state index in [2.05, 4.69) is 5.32 Å². The maximum Gasteiger partial charge on any atom is 0.416 e. The van der Waals surface area contributed by atoms with Gasteiger partial charge in [-0.25, -0.2) is 13.6 Å². The molecule has 2 N–H and O–H groups in total. The number of ether oxygens (including phenoxy) is 1. The summed E-state index contributed by atoms with van der Waals surface area (Å²) in [4.78, 5) is 23.3. The smallest absolute Gasteiger partial charge is 0.416 e. The minimum atomic E-state index is -4.61. The van der Waals surface area contributed by atoms with E-state index in [9.17, 15) is 36.6 Å². The van der Waals surface area contributed by atoms with Crippen molar-refractivity contribution in [2.75, 3.05) is 5.32 Å². The van der Waals surface area contributed by atoms with Crippen LogP contribution in [0.5, 0.6) is 5.75 Å². The molecule has 1 fully saturated rings. The minimum Gasteiger partial charge on any atom is -0.489 e.